The van der Waals surface area contributed by atoms with Crippen LogP contribution in [-0.2, 0) is 6.42 Å². The lowest BCUT2D eigenvalue weighted by Gasteiger charge is -2.10. The maximum absolute atomic E-state index is 13.6. The van der Waals surface area contributed by atoms with E-state index >= 15 is 0 Å². The van der Waals surface area contributed by atoms with Gasteiger partial charge in [-0.15, -0.1) is 0 Å². The van der Waals surface area contributed by atoms with Crippen molar-refractivity contribution >= 4 is 11.8 Å². The second-order valence-electron chi connectivity index (χ2n) is 5.27. The Bertz CT molecular complexity index is 601. The highest BCUT2D eigenvalue weighted by Gasteiger charge is 2.03. The number of rotatable bonds is 8. The number of nitrogens with zero attached hydrogens (tertiary/aromatic N) is 2. The van der Waals surface area contributed by atoms with Crippen molar-refractivity contribution in [2.24, 2.45) is 0 Å². The molecule has 1 aromatic carbocycles. The Hall–Kier alpha value is -2.17. The van der Waals surface area contributed by atoms with E-state index in [2.05, 4.69) is 27.5 Å². The molecule has 0 spiro atoms. The van der Waals surface area contributed by atoms with E-state index in [1.54, 1.807) is 12.1 Å². The molecule has 0 unspecified atom stereocenters. The van der Waals surface area contributed by atoms with Gasteiger partial charge in [0.05, 0.1) is 0 Å². The Balaban J connectivity index is 1.90. The largest absolute Gasteiger partial charge is 0.370 e. The van der Waals surface area contributed by atoms with E-state index in [1.165, 1.54) is 6.07 Å². The van der Waals surface area contributed by atoms with Gasteiger partial charge in [0.25, 0.3) is 0 Å². The summed E-state index contributed by atoms with van der Waals surface area (Å²) in [5, 5.41) is 6.46. The number of aryl methyl sites for hydroxylation is 1. The van der Waals surface area contributed by atoms with Crippen LogP contribution in [0.25, 0.3) is 0 Å². The van der Waals surface area contributed by atoms with Crippen molar-refractivity contribution in [1.29, 1.82) is 0 Å². The van der Waals surface area contributed by atoms with Crippen molar-refractivity contribution in [2.45, 2.75) is 33.1 Å². The number of hydrogen-bond donors (Lipinski definition) is 2. The van der Waals surface area contributed by atoms with Gasteiger partial charge in [-0.25, -0.2) is 9.37 Å². The fourth-order valence-corrected chi connectivity index (χ4v) is 2.14. The van der Waals surface area contributed by atoms with E-state index in [0.29, 0.717) is 24.5 Å². The second-order valence-corrected chi connectivity index (χ2v) is 5.27. The minimum Gasteiger partial charge on any atom is -0.370 e. The molecule has 0 saturated heterocycles. The maximum atomic E-state index is 13.6. The molecule has 1 heterocycles. The van der Waals surface area contributed by atoms with Crippen LogP contribution in [0.2, 0.25) is 0 Å². The van der Waals surface area contributed by atoms with Crippen molar-refractivity contribution in [3.63, 3.8) is 0 Å². The highest BCUT2D eigenvalue weighted by molar-refractivity contribution is 5.42. The first-order valence-electron chi connectivity index (χ1n) is 7.76. The summed E-state index contributed by atoms with van der Waals surface area (Å²) in [6.45, 7) is 5.59. The van der Waals surface area contributed by atoms with Crippen molar-refractivity contribution in [2.75, 3.05) is 23.7 Å². The number of nitrogens with one attached hydrogen (secondary N) is 2. The van der Waals surface area contributed by atoms with Gasteiger partial charge in [0.15, 0.2) is 0 Å². The second kappa shape index (κ2) is 8.32. The summed E-state index contributed by atoms with van der Waals surface area (Å²) in [5.74, 6) is 1.25. The molecular weight excluding hydrogens is 279 g/mol. The first kappa shape index (κ1) is 16.2. The summed E-state index contributed by atoms with van der Waals surface area (Å²) in [6, 6.07) is 8.74. The SMILES string of the molecule is CCCCNc1nc(C)cc(NCCc2ccccc2F)n1. The van der Waals surface area contributed by atoms with Gasteiger partial charge < -0.3 is 10.6 Å². The number of benzene rings is 1. The van der Waals surface area contributed by atoms with E-state index < -0.39 is 0 Å². The molecule has 1 aromatic heterocycles. The van der Waals surface area contributed by atoms with E-state index in [9.17, 15) is 4.39 Å². The Morgan fingerprint density at radius 3 is 2.68 bits per heavy atom. The third kappa shape index (κ3) is 4.98. The molecular formula is C17H23FN4. The topological polar surface area (TPSA) is 49.8 Å². The lowest BCUT2D eigenvalue weighted by atomic mass is 10.1. The van der Waals surface area contributed by atoms with Crippen molar-refractivity contribution in [3.8, 4) is 0 Å². The van der Waals surface area contributed by atoms with Crippen LogP contribution >= 0.6 is 0 Å². The van der Waals surface area contributed by atoms with Crippen LogP contribution in [0, 0.1) is 12.7 Å². The average Bonchev–Trinajstić information content (AvgIpc) is 2.49. The summed E-state index contributed by atoms with van der Waals surface area (Å²) in [4.78, 5) is 8.80. The van der Waals surface area contributed by atoms with E-state index in [-0.39, 0.29) is 5.82 Å². The Morgan fingerprint density at radius 1 is 1.09 bits per heavy atom. The monoisotopic (exact) mass is 302 g/mol. The smallest absolute Gasteiger partial charge is 0.224 e. The molecule has 0 aliphatic rings. The number of unbranched alkanes of at least 4 members (excludes halogenated alkanes) is 1. The van der Waals surface area contributed by atoms with Gasteiger partial charge in [-0.05, 0) is 31.4 Å². The van der Waals surface area contributed by atoms with Crippen LogP contribution < -0.4 is 10.6 Å². The zero-order chi connectivity index (χ0) is 15.8. The fraction of sp³-hybridized carbons (Fsp3) is 0.412. The van der Waals surface area contributed by atoms with E-state index in [1.807, 2.05) is 19.1 Å². The van der Waals surface area contributed by atoms with Crippen molar-refractivity contribution in [3.05, 3.63) is 47.4 Å². The first-order valence-corrected chi connectivity index (χ1v) is 7.76. The summed E-state index contributed by atoms with van der Waals surface area (Å²) in [5.41, 5.74) is 1.62. The van der Waals surface area contributed by atoms with Crippen LogP contribution in [-0.4, -0.2) is 23.1 Å². The van der Waals surface area contributed by atoms with Gasteiger partial charge in [0.2, 0.25) is 5.95 Å². The molecule has 0 aliphatic carbocycles. The van der Waals surface area contributed by atoms with Gasteiger partial charge in [0, 0.05) is 24.8 Å². The maximum Gasteiger partial charge on any atom is 0.224 e. The Labute approximate surface area is 131 Å². The minimum absolute atomic E-state index is 0.162. The van der Waals surface area contributed by atoms with Crippen LogP contribution in [0.4, 0.5) is 16.2 Å². The van der Waals surface area contributed by atoms with E-state index in [0.717, 1.165) is 30.9 Å². The molecule has 2 N–H and O–H groups in total. The Morgan fingerprint density at radius 2 is 1.91 bits per heavy atom. The molecule has 2 rings (SSSR count). The molecule has 0 radical (unpaired) electrons. The molecule has 5 heteroatoms. The van der Waals surface area contributed by atoms with Crippen LogP contribution in [0.3, 0.4) is 0 Å². The minimum atomic E-state index is -0.162. The van der Waals surface area contributed by atoms with Gasteiger partial charge in [-0.1, -0.05) is 31.5 Å². The normalized spacial score (nSPS) is 10.5. The van der Waals surface area contributed by atoms with Crippen LogP contribution in [0.5, 0.6) is 0 Å². The lowest BCUT2D eigenvalue weighted by molar-refractivity contribution is 0.610. The molecule has 0 fully saturated rings. The lowest BCUT2D eigenvalue weighted by Crippen LogP contribution is -2.11. The summed E-state index contributed by atoms with van der Waals surface area (Å²) < 4.78 is 13.6. The molecule has 118 valence electrons. The predicted octanol–water partition coefficient (Wildman–Crippen LogP) is 3.79. The molecule has 2 aromatic rings. The summed E-state index contributed by atoms with van der Waals surface area (Å²) in [7, 11) is 0. The Kier molecular flexibility index (Phi) is 6.13. The molecule has 22 heavy (non-hydrogen) atoms. The van der Waals surface area contributed by atoms with Gasteiger partial charge >= 0.3 is 0 Å². The predicted molar refractivity (Wildman–Crippen MR) is 88.8 cm³/mol. The highest BCUT2D eigenvalue weighted by Crippen LogP contribution is 2.11. The number of anilines is 2. The van der Waals surface area contributed by atoms with Crippen molar-refractivity contribution < 1.29 is 4.39 Å². The standard InChI is InChI=1S/C17H23FN4/c1-3-4-10-20-17-21-13(2)12-16(22-17)19-11-9-14-7-5-6-8-15(14)18/h5-8,12H,3-4,9-11H2,1-2H3,(H2,19,20,21,22). The zero-order valence-electron chi connectivity index (χ0n) is 13.2. The fourth-order valence-electron chi connectivity index (χ4n) is 2.14. The van der Waals surface area contributed by atoms with Gasteiger partial charge in [-0.2, -0.15) is 4.98 Å². The molecule has 0 saturated carbocycles. The molecule has 0 amide bonds. The zero-order valence-corrected chi connectivity index (χ0v) is 13.2. The average molecular weight is 302 g/mol. The summed E-state index contributed by atoms with van der Waals surface area (Å²) >= 11 is 0. The number of hydrogen-bond acceptors (Lipinski definition) is 4. The molecule has 0 bridgehead atoms. The summed E-state index contributed by atoms with van der Waals surface area (Å²) in [6.07, 6.45) is 2.84. The quantitative estimate of drug-likeness (QED) is 0.728. The highest BCUT2D eigenvalue weighted by atomic mass is 19.1. The van der Waals surface area contributed by atoms with Crippen LogP contribution in [0.15, 0.2) is 30.3 Å². The molecule has 0 aliphatic heterocycles. The number of aromatic nitrogens is 2. The van der Waals surface area contributed by atoms with Gasteiger partial charge in [0.1, 0.15) is 11.6 Å². The molecule has 0 atom stereocenters. The van der Waals surface area contributed by atoms with Crippen LogP contribution in [0.1, 0.15) is 31.0 Å². The number of halogens is 1. The van der Waals surface area contributed by atoms with Crippen molar-refractivity contribution in [1.82, 2.24) is 9.97 Å². The first-order chi connectivity index (χ1) is 10.7. The van der Waals surface area contributed by atoms with Gasteiger partial charge in [-0.3, -0.25) is 0 Å². The third-order valence-electron chi connectivity index (χ3n) is 3.33. The van der Waals surface area contributed by atoms with E-state index in [4.69, 9.17) is 0 Å². The molecule has 4 nitrogen and oxygen atoms in total. The third-order valence-corrected chi connectivity index (χ3v) is 3.33.